The third-order valence-electron chi connectivity index (χ3n) is 3.96. The van der Waals surface area contributed by atoms with Crippen LogP contribution in [0.5, 0.6) is 0 Å². The minimum Gasteiger partial charge on any atom is -0.409 e. The number of halogens is 1. The molecule has 1 aromatic heterocycles. The molecule has 6 heteroatoms. The Morgan fingerprint density at radius 2 is 2.05 bits per heavy atom. The van der Waals surface area contributed by atoms with Crippen molar-refractivity contribution < 1.29 is 5.21 Å². The van der Waals surface area contributed by atoms with Crippen LogP contribution in [-0.4, -0.2) is 29.1 Å². The van der Waals surface area contributed by atoms with Gasteiger partial charge in [-0.2, -0.15) is 0 Å². The molecule has 2 rings (SSSR count). The lowest BCUT2D eigenvalue weighted by molar-refractivity contribution is 0.318. The predicted molar refractivity (Wildman–Crippen MR) is 81.7 cm³/mol. The Labute approximate surface area is 124 Å². The molecule has 1 saturated carbocycles. The second-order valence-corrected chi connectivity index (χ2v) is 5.62. The van der Waals surface area contributed by atoms with Gasteiger partial charge >= 0.3 is 0 Å². The van der Waals surface area contributed by atoms with E-state index in [0.29, 0.717) is 22.4 Å². The van der Waals surface area contributed by atoms with Crippen LogP contribution in [0, 0.1) is 0 Å². The van der Waals surface area contributed by atoms with E-state index in [2.05, 4.69) is 15.0 Å². The summed E-state index contributed by atoms with van der Waals surface area (Å²) in [6, 6.07) is 2.10. The van der Waals surface area contributed by atoms with Gasteiger partial charge in [0.15, 0.2) is 5.84 Å². The van der Waals surface area contributed by atoms with Crippen molar-refractivity contribution in [3.05, 3.63) is 22.8 Å². The molecule has 0 spiro atoms. The van der Waals surface area contributed by atoms with Crippen molar-refractivity contribution in [2.45, 2.75) is 44.6 Å². The van der Waals surface area contributed by atoms with Crippen LogP contribution in [0.3, 0.4) is 0 Å². The summed E-state index contributed by atoms with van der Waals surface area (Å²) in [5.74, 6) is 0.704. The van der Waals surface area contributed by atoms with Gasteiger partial charge in [0, 0.05) is 24.8 Å². The molecule has 0 amide bonds. The van der Waals surface area contributed by atoms with Gasteiger partial charge in [-0.05, 0) is 18.9 Å². The Bertz CT molecular complexity index is 484. The molecule has 110 valence electrons. The molecule has 0 saturated heterocycles. The van der Waals surface area contributed by atoms with Gasteiger partial charge in [-0.3, -0.25) is 0 Å². The zero-order chi connectivity index (χ0) is 14.5. The molecular weight excluding hydrogens is 276 g/mol. The van der Waals surface area contributed by atoms with E-state index in [1.54, 1.807) is 12.3 Å². The number of amidine groups is 1. The predicted octanol–water partition coefficient (Wildman–Crippen LogP) is 2.99. The van der Waals surface area contributed by atoms with Gasteiger partial charge in [0.05, 0.1) is 5.02 Å². The number of oxime groups is 1. The topological polar surface area (TPSA) is 74.7 Å². The molecule has 0 atom stereocenters. The highest BCUT2D eigenvalue weighted by molar-refractivity contribution is 6.36. The molecule has 0 radical (unpaired) electrons. The Morgan fingerprint density at radius 1 is 1.40 bits per heavy atom. The Balaban J connectivity index is 2.27. The summed E-state index contributed by atoms with van der Waals surface area (Å²) in [5, 5.41) is 12.2. The number of pyridine rings is 1. The number of anilines is 1. The largest absolute Gasteiger partial charge is 0.409 e. The molecule has 0 bridgehead atoms. The van der Waals surface area contributed by atoms with Crippen molar-refractivity contribution in [3.63, 3.8) is 0 Å². The third kappa shape index (κ3) is 3.15. The number of nitrogens with two attached hydrogens (primary N) is 1. The fourth-order valence-electron chi connectivity index (χ4n) is 2.75. The minimum absolute atomic E-state index is 0.00733. The maximum absolute atomic E-state index is 8.80. The van der Waals surface area contributed by atoms with Crippen LogP contribution < -0.4 is 10.6 Å². The second kappa shape index (κ2) is 6.79. The molecule has 5 nitrogen and oxygen atoms in total. The molecule has 1 fully saturated rings. The van der Waals surface area contributed by atoms with Crippen LogP contribution >= 0.6 is 11.6 Å². The highest BCUT2D eigenvalue weighted by atomic mass is 35.5. The van der Waals surface area contributed by atoms with Gasteiger partial charge in [-0.1, -0.05) is 42.4 Å². The van der Waals surface area contributed by atoms with Gasteiger partial charge in [-0.15, -0.1) is 0 Å². The van der Waals surface area contributed by atoms with Crippen molar-refractivity contribution in [2.75, 3.05) is 11.9 Å². The first kappa shape index (κ1) is 14.9. The van der Waals surface area contributed by atoms with E-state index in [-0.39, 0.29) is 5.84 Å². The van der Waals surface area contributed by atoms with Gasteiger partial charge in [0.1, 0.15) is 5.82 Å². The zero-order valence-electron chi connectivity index (χ0n) is 11.7. The number of rotatable bonds is 3. The average Bonchev–Trinajstić information content (AvgIpc) is 2.75. The Kier molecular flexibility index (Phi) is 5.06. The molecule has 1 heterocycles. The highest BCUT2D eigenvalue weighted by Crippen LogP contribution is 2.30. The fourth-order valence-corrected chi connectivity index (χ4v) is 3.09. The second-order valence-electron chi connectivity index (χ2n) is 5.24. The summed E-state index contributed by atoms with van der Waals surface area (Å²) in [6.45, 7) is 0. The average molecular weight is 297 g/mol. The lowest BCUT2D eigenvalue weighted by atomic mass is 10.1. The van der Waals surface area contributed by atoms with Gasteiger partial charge < -0.3 is 15.8 Å². The summed E-state index contributed by atoms with van der Waals surface area (Å²) in [6.07, 6.45) is 9.04. The van der Waals surface area contributed by atoms with E-state index in [4.69, 9.17) is 22.5 Å². The SMILES string of the molecule is CN(c1nccc(/C(N)=N/O)c1Cl)C1CCCCCC1. The van der Waals surface area contributed by atoms with Crippen molar-refractivity contribution in [2.24, 2.45) is 10.9 Å². The maximum atomic E-state index is 8.80. The number of aromatic nitrogens is 1. The highest BCUT2D eigenvalue weighted by Gasteiger charge is 2.21. The Hall–Kier alpha value is -1.49. The summed E-state index contributed by atoms with van der Waals surface area (Å²) in [4.78, 5) is 6.49. The summed E-state index contributed by atoms with van der Waals surface area (Å²) >= 11 is 6.36. The summed E-state index contributed by atoms with van der Waals surface area (Å²) in [5.41, 5.74) is 6.15. The van der Waals surface area contributed by atoms with Crippen LogP contribution in [0.1, 0.15) is 44.1 Å². The first-order chi connectivity index (χ1) is 9.65. The van der Waals surface area contributed by atoms with E-state index in [0.717, 1.165) is 12.8 Å². The van der Waals surface area contributed by atoms with Crippen molar-refractivity contribution in [1.29, 1.82) is 0 Å². The van der Waals surface area contributed by atoms with Gasteiger partial charge in [0.25, 0.3) is 0 Å². The lowest BCUT2D eigenvalue weighted by Gasteiger charge is -2.29. The van der Waals surface area contributed by atoms with E-state index in [1.807, 2.05) is 7.05 Å². The van der Waals surface area contributed by atoms with E-state index < -0.39 is 0 Å². The van der Waals surface area contributed by atoms with Crippen molar-refractivity contribution in [3.8, 4) is 0 Å². The van der Waals surface area contributed by atoms with Crippen LogP contribution in [0.4, 0.5) is 5.82 Å². The lowest BCUT2D eigenvalue weighted by Crippen LogP contribution is -2.32. The van der Waals surface area contributed by atoms with Gasteiger partial charge in [0.2, 0.25) is 0 Å². The zero-order valence-corrected chi connectivity index (χ0v) is 12.5. The molecule has 0 aromatic carbocycles. The van der Waals surface area contributed by atoms with Crippen molar-refractivity contribution in [1.82, 2.24) is 4.98 Å². The molecule has 1 aromatic rings. The number of nitrogens with zero attached hydrogens (tertiary/aromatic N) is 3. The summed E-state index contributed by atoms with van der Waals surface area (Å²) < 4.78 is 0. The van der Waals surface area contributed by atoms with E-state index in [1.165, 1.54) is 25.7 Å². The monoisotopic (exact) mass is 296 g/mol. The molecular formula is C14H21ClN4O. The van der Waals surface area contributed by atoms with Crippen LogP contribution in [0.2, 0.25) is 5.02 Å². The maximum Gasteiger partial charge on any atom is 0.171 e. The van der Waals surface area contributed by atoms with Crippen LogP contribution in [0.25, 0.3) is 0 Å². The quantitative estimate of drug-likeness (QED) is 0.296. The molecule has 1 aliphatic rings. The Morgan fingerprint density at radius 3 is 2.65 bits per heavy atom. The van der Waals surface area contributed by atoms with E-state index >= 15 is 0 Å². The first-order valence-electron chi connectivity index (χ1n) is 7.00. The van der Waals surface area contributed by atoms with Crippen molar-refractivity contribution >= 4 is 23.3 Å². The molecule has 3 N–H and O–H groups in total. The number of hydrogen-bond donors (Lipinski definition) is 2. The normalized spacial score (nSPS) is 17.8. The summed E-state index contributed by atoms with van der Waals surface area (Å²) in [7, 11) is 2.01. The molecule has 0 unspecified atom stereocenters. The minimum atomic E-state index is 0.00733. The van der Waals surface area contributed by atoms with Crippen LogP contribution in [-0.2, 0) is 0 Å². The van der Waals surface area contributed by atoms with Crippen LogP contribution in [0.15, 0.2) is 17.4 Å². The molecule has 0 aliphatic heterocycles. The molecule has 20 heavy (non-hydrogen) atoms. The fraction of sp³-hybridized carbons (Fsp3) is 0.571. The third-order valence-corrected chi connectivity index (χ3v) is 4.33. The number of hydrogen-bond acceptors (Lipinski definition) is 4. The van der Waals surface area contributed by atoms with E-state index in [9.17, 15) is 0 Å². The standard InChI is InChI=1S/C14H21ClN4O/c1-19(10-6-4-2-3-5-7-10)14-12(15)11(8-9-17-14)13(16)18-20/h8-10,20H,2-7H2,1H3,(H2,16,18). The van der Waals surface area contributed by atoms with Gasteiger partial charge in [-0.25, -0.2) is 4.98 Å². The molecule has 1 aliphatic carbocycles. The first-order valence-corrected chi connectivity index (χ1v) is 7.38. The smallest absolute Gasteiger partial charge is 0.171 e.